The summed E-state index contributed by atoms with van der Waals surface area (Å²) in [5.74, 6) is 0.647. The molecule has 0 amide bonds. The van der Waals surface area contributed by atoms with Gasteiger partial charge in [0.1, 0.15) is 0 Å². The monoisotopic (exact) mass is 298 g/mol. The summed E-state index contributed by atoms with van der Waals surface area (Å²) in [5, 5.41) is 8.69. The molecule has 0 aromatic heterocycles. The minimum absolute atomic E-state index is 0.195. The van der Waals surface area contributed by atoms with E-state index in [0.29, 0.717) is 17.5 Å². The van der Waals surface area contributed by atoms with Crippen molar-refractivity contribution >= 4 is 15.7 Å². The zero-order valence-corrected chi connectivity index (χ0v) is 13.6. The molecule has 1 rings (SSSR count). The lowest BCUT2D eigenvalue weighted by Crippen LogP contribution is -2.22. The summed E-state index contributed by atoms with van der Waals surface area (Å²) >= 11 is 0. The minimum Gasteiger partial charge on any atom is -0.382 e. The van der Waals surface area contributed by atoms with E-state index in [1.54, 1.807) is 19.1 Å². The first-order valence-corrected chi connectivity index (χ1v) is 8.73. The van der Waals surface area contributed by atoms with Crippen molar-refractivity contribution in [1.82, 2.24) is 0 Å². The molecule has 0 fully saturated rings. The molecule has 0 spiro atoms. The van der Waals surface area contributed by atoms with Gasteiger partial charge in [0.05, 0.1) is 4.90 Å². The average molecular weight is 298 g/mol. The maximum Gasteiger partial charge on any atom is 0.238 e. The molecule has 1 aromatic rings. The molecule has 0 heterocycles. The molecule has 0 aliphatic rings. The van der Waals surface area contributed by atoms with E-state index in [9.17, 15) is 8.42 Å². The van der Waals surface area contributed by atoms with Crippen LogP contribution in [0.4, 0.5) is 5.69 Å². The highest BCUT2D eigenvalue weighted by Crippen LogP contribution is 2.24. The topological polar surface area (TPSA) is 72.2 Å². The number of sulfonamides is 1. The van der Waals surface area contributed by atoms with Gasteiger partial charge in [0.25, 0.3) is 0 Å². The summed E-state index contributed by atoms with van der Waals surface area (Å²) in [6.45, 7) is 8.35. The van der Waals surface area contributed by atoms with Crippen LogP contribution in [0.5, 0.6) is 0 Å². The van der Waals surface area contributed by atoms with Crippen LogP contribution < -0.4 is 10.5 Å². The Morgan fingerprint density at radius 3 is 2.40 bits per heavy atom. The van der Waals surface area contributed by atoms with Crippen molar-refractivity contribution in [2.75, 3.05) is 5.32 Å². The highest BCUT2D eigenvalue weighted by atomic mass is 32.2. The number of benzene rings is 1. The molecule has 114 valence electrons. The van der Waals surface area contributed by atoms with Crippen molar-refractivity contribution in [3.63, 3.8) is 0 Å². The van der Waals surface area contributed by atoms with E-state index in [2.05, 4.69) is 26.1 Å². The van der Waals surface area contributed by atoms with Crippen LogP contribution in [0.1, 0.15) is 45.6 Å². The first-order valence-electron chi connectivity index (χ1n) is 7.18. The standard InChI is InChI=1S/C15H26N2O2S/c1-5-11(3)10-13(6-2)17-14-8-7-9-15(12(14)4)20(16,18)19/h7-9,11,13,17H,5-6,10H2,1-4H3,(H2,16,18,19). The summed E-state index contributed by atoms with van der Waals surface area (Å²) in [4.78, 5) is 0.195. The summed E-state index contributed by atoms with van der Waals surface area (Å²) in [7, 11) is -3.67. The Morgan fingerprint density at radius 2 is 1.90 bits per heavy atom. The Balaban J connectivity index is 2.97. The Morgan fingerprint density at radius 1 is 1.25 bits per heavy atom. The maximum atomic E-state index is 11.5. The Kier molecular flexibility index (Phi) is 6.02. The van der Waals surface area contributed by atoms with Gasteiger partial charge in [0.15, 0.2) is 0 Å². The zero-order valence-electron chi connectivity index (χ0n) is 12.8. The predicted molar refractivity (Wildman–Crippen MR) is 84.3 cm³/mol. The van der Waals surface area contributed by atoms with Crippen molar-refractivity contribution in [1.29, 1.82) is 0 Å². The molecule has 0 aliphatic carbocycles. The lowest BCUT2D eigenvalue weighted by Gasteiger charge is -2.23. The Labute approximate surface area is 122 Å². The van der Waals surface area contributed by atoms with Gasteiger partial charge in [-0.15, -0.1) is 0 Å². The van der Waals surface area contributed by atoms with E-state index in [1.807, 2.05) is 6.07 Å². The number of nitrogens with one attached hydrogen (secondary N) is 1. The fraction of sp³-hybridized carbons (Fsp3) is 0.600. The van der Waals surface area contributed by atoms with Gasteiger partial charge in [0.2, 0.25) is 10.0 Å². The summed E-state index contributed by atoms with van der Waals surface area (Å²) < 4.78 is 23.1. The smallest absolute Gasteiger partial charge is 0.238 e. The lowest BCUT2D eigenvalue weighted by molar-refractivity contribution is 0.461. The van der Waals surface area contributed by atoms with Crippen LogP contribution in [0.2, 0.25) is 0 Å². The van der Waals surface area contributed by atoms with E-state index >= 15 is 0 Å². The molecule has 0 saturated carbocycles. The number of rotatable bonds is 7. The van der Waals surface area contributed by atoms with Gasteiger partial charge in [-0.1, -0.05) is 33.3 Å². The summed E-state index contributed by atoms with van der Waals surface area (Å²) in [6, 6.07) is 5.53. The van der Waals surface area contributed by atoms with Crippen molar-refractivity contribution in [3.8, 4) is 0 Å². The van der Waals surface area contributed by atoms with Crippen LogP contribution >= 0.6 is 0 Å². The van der Waals surface area contributed by atoms with E-state index < -0.39 is 10.0 Å². The summed E-state index contributed by atoms with van der Waals surface area (Å²) in [5.41, 5.74) is 1.55. The second-order valence-corrected chi connectivity index (χ2v) is 7.00. The van der Waals surface area contributed by atoms with Crippen molar-refractivity contribution in [2.24, 2.45) is 11.1 Å². The number of anilines is 1. The molecule has 2 atom stereocenters. The van der Waals surface area contributed by atoms with E-state index in [0.717, 1.165) is 24.9 Å². The largest absolute Gasteiger partial charge is 0.382 e. The van der Waals surface area contributed by atoms with Gasteiger partial charge in [-0.05, 0) is 43.4 Å². The molecule has 1 aromatic carbocycles. The highest BCUT2D eigenvalue weighted by molar-refractivity contribution is 7.89. The fourth-order valence-electron chi connectivity index (χ4n) is 2.28. The van der Waals surface area contributed by atoms with Crippen LogP contribution in [-0.2, 0) is 10.0 Å². The van der Waals surface area contributed by atoms with Crippen LogP contribution in [0.25, 0.3) is 0 Å². The number of hydrogen-bond donors (Lipinski definition) is 2. The normalized spacial score (nSPS) is 14.8. The molecule has 4 nitrogen and oxygen atoms in total. The van der Waals surface area contributed by atoms with Crippen LogP contribution in [-0.4, -0.2) is 14.5 Å². The van der Waals surface area contributed by atoms with Crippen LogP contribution in [0.3, 0.4) is 0 Å². The van der Waals surface area contributed by atoms with E-state index in [4.69, 9.17) is 5.14 Å². The fourth-order valence-corrected chi connectivity index (χ4v) is 3.08. The second-order valence-electron chi connectivity index (χ2n) is 5.47. The molecule has 0 bridgehead atoms. The van der Waals surface area contributed by atoms with Crippen LogP contribution in [0.15, 0.2) is 23.1 Å². The first kappa shape index (κ1) is 17.0. The molecule has 3 N–H and O–H groups in total. The molecule has 20 heavy (non-hydrogen) atoms. The van der Waals surface area contributed by atoms with Crippen molar-refractivity contribution < 1.29 is 8.42 Å². The van der Waals surface area contributed by atoms with Gasteiger partial charge in [0, 0.05) is 11.7 Å². The number of primary sulfonamides is 1. The Hall–Kier alpha value is -1.07. The molecule has 0 radical (unpaired) electrons. The molecular weight excluding hydrogens is 272 g/mol. The minimum atomic E-state index is -3.67. The van der Waals surface area contributed by atoms with Crippen LogP contribution in [0, 0.1) is 12.8 Å². The number of hydrogen-bond acceptors (Lipinski definition) is 3. The molecule has 0 saturated heterocycles. The third-order valence-electron chi connectivity index (χ3n) is 3.83. The second kappa shape index (κ2) is 7.09. The zero-order chi connectivity index (χ0) is 15.3. The van der Waals surface area contributed by atoms with Gasteiger partial charge < -0.3 is 5.32 Å². The number of nitrogens with two attached hydrogens (primary N) is 1. The molecule has 2 unspecified atom stereocenters. The summed E-state index contributed by atoms with van der Waals surface area (Å²) in [6.07, 6.45) is 3.23. The van der Waals surface area contributed by atoms with E-state index in [-0.39, 0.29) is 4.90 Å². The highest BCUT2D eigenvalue weighted by Gasteiger charge is 2.16. The molecule has 0 aliphatic heterocycles. The average Bonchev–Trinajstić information content (AvgIpc) is 2.38. The molecular formula is C15H26N2O2S. The predicted octanol–water partition coefficient (Wildman–Crippen LogP) is 3.27. The third-order valence-corrected chi connectivity index (χ3v) is 4.88. The quantitative estimate of drug-likeness (QED) is 0.811. The first-order chi connectivity index (χ1) is 9.29. The van der Waals surface area contributed by atoms with Gasteiger partial charge in [-0.3, -0.25) is 0 Å². The molecule has 5 heteroatoms. The maximum absolute atomic E-state index is 11.5. The van der Waals surface area contributed by atoms with Gasteiger partial charge >= 0.3 is 0 Å². The Bertz CT molecular complexity index is 541. The lowest BCUT2D eigenvalue weighted by atomic mass is 9.97. The van der Waals surface area contributed by atoms with Gasteiger partial charge in [-0.25, -0.2) is 13.6 Å². The van der Waals surface area contributed by atoms with E-state index in [1.165, 1.54) is 0 Å². The van der Waals surface area contributed by atoms with Crippen molar-refractivity contribution in [3.05, 3.63) is 23.8 Å². The third kappa shape index (κ3) is 4.49. The SMILES string of the molecule is CCC(C)CC(CC)Nc1cccc(S(N)(=O)=O)c1C. The van der Waals surface area contributed by atoms with Gasteiger partial charge in [-0.2, -0.15) is 0 Å². The van der Waals surface area contributed by atoms with Crippen molar-refractivity contribution in [2.45, 2.75) is 57.9 Å².